The summed E-state index contributed by atoms with van der Waals surface area (Å²) >= 11 is 3.31. The van der Waals surface area contributed by atoms with Gasteiger partial charge < -0.3 is 5.11 Å². The Kier molecular flexibility index (Phi) is 4.09. The second-order valence-electron chi connectivity index (χ2n) is 4.26. The molecule has 2 nitrogen and oxygen atoms in total. The van der Waals surface area contributed by atoms with Gasteiger partial charge in [0.25, 0.3) is 0 Å². The molecule has 0 saturated heterocycles. The van der Waals surface area contributed by atoms with Crippen molar-refractivity contribution in [2.75, 3.05) is 0 Å². The van der Waals surface area contributed by atoms with Gasteiger partial charge in [0, 0.05) is 28.9 Å². The van der Waals surface area contributed by atoms with Crippen LogP contribution in [0.25, 0.3) is 0 Å². The number of nitrogens with zero attached hydrogens (tertiary/aromatic N) is 1. The maximum atomic E-state index is 13.7. The SMILES string of the molecule is Cc1ccc(C(O)Cc2cncc(Br)c2)c(F)c1. The molecule has 1 heterocycles. The summed E-state index contributed by atoms with van der Waals surface area (Å²) in [6.45, 7) is 1.82. The van der Waals surface area contributed by atoms with Crippen LogP contribution >= 0.6 is 15.9 Å². The van der Waals surface area contributed by atoms with Crippen LogP contribution < -0.4 is 0 Å². The second kappa shape index (κ2) is 5.59. The van der Waals surface area contributed by atoms with Crippen LogP contribution in [0.4, 0.5) is 4.39 Å². The van der Waals surface area contributed by atoms with E-state index in [0.717, 1.165) is 15.6 Å². The van der Waals surface area contributed by atoms with E-state index in [1.54, 1.807) is 24.5 Å². The van der Waals surface area contributed by atoms with Gasteiger partial charge in [0.15, 0.2) is 0 Å². The smallest absolute Gasteiger partial charge is 0.129 e. The van der Waals surface area contributed by atoms with Crippen molar-refractivity contribution in [3.8, 4) is 0 Å². The predicted molar refractivity (Wildman–Crippen MR) is 71.7 cm³/mol. The van der Waals surface area contributed by atoms with Gasteiger partial charge in [-0.25, -0.2) is 4.39 Å². The molecule has 94 valence electrons. The highest BCUT2D eigenvalue weighted by Crippen LogP contribution is 2.22. The standard InChI is InChI=1S/C14H13BrFNO/c1-9-2-3-12(13(16)4-9)14(18)6-10-5-11(15)8-17-7-10/h2-5,7-8,14,18H,6H2,1H3. The van der Waals surface area contributed by atoms with E-state index in [1.165, 1.54) is 6.07 Å². The van der Waals surface area contributed by atoms with Gasteiger partial charge in [0.05, 0.1) is 6.10 Å². The summed E-state index contributed by atoms with van der Waals surface area (Å²) in [5.41, 5.74) is 2.02. The molecule has 0 aliphatic carbocycles. The molecule has 1 atom stereocenters. The molecule has 18 heavy (non-hydrogen) atoms. The van der Waals surface area contributed by atoms with E-state index in [-0.39, 0.29) is 5.82 Å². The maximum absolute atomic E-state index is 13.7. The summed E-state index contributed by atoms with van der Waals surface area (Å²) in [6, 6.07) is 6.71. The highest BCUT2D eigenvalue weighted by molar-refractivity contribution is 9.10. The summed E-state index contributed by atoms with van der Waals surface area (Å²) in [7, 11) is 0. The molecule has 0 fully saturated rings. The van der Waals surface area contributed by atoms with Crippen molar-refractivity contribution in [2.45, 2.75) is 19.4 Å². The number of aryl methyl sites for hydroxylation is 1. The molecule has 1 unspecified atom stereocenters. The molecule has 0 radical (unpaired) electrons. The molecule has 0 saturated carbocycles. The van der Waals surface area contributed by atoms with Crippen molar-refractivity contribution < 1.29 is 9.50 Å². The fourth-order valence-electron chi connectivity index (χ4n) is 1.80. The van der Waals surface area contributed by atoms with Crippen molar-refractivity contribution >= 4 is 15.9 Å². The first kappa shape index (κ1) is 13.2. The maximum Gasteiger partial charge on any atom is 0.129 e. The molecule has 2 aromatic rings. The lowest BCUT2D eigenvalue weighted by molar-refractivity contribution is 0.173. The number of aromatic nitrogens is 1. The summed E-state index contributed by atoms with van der Waals surface area (Å²) in [5.74, 6) is -0.370. The van der Waals surface area contributed by atoms with Crippen molar-refractivity contribution in [1.29, 1.82) is 0 Å². The van der Waals surface area contributed by atoms with Crippen molar-refractivity contribution in [3.63, 3.8) is 0 Å². The normalized spacial score (nSPS) is 12.4. The third-order valence-corrected chi connectivity index (χ3v) is 3.14. The van der Waals surface area contributed by atoms with Gasteiger partial charge in [-0.05, 0) is 46.1 Å². The molecule has 1 aromatic carbocycles. The van der Waals surface area contributed by atoms with E-state index in [1.807, 2.05) is 13.0 Å². The molecule has 4 heteroatoms. The minimum atomic E-state index is -0.860. The zero-order chi connectivity index (χ0) is 13.1. The Morgan fingerprint density at radius 3 is 2.78 bits per heavy atom. The molecule has 0 aliphatic heterocycles. The van der Waals surface area contributed by atoms with Gasteiger partial charge in [-0.15, -0.1) is 0 Å². The first-order valence-electron chi connectivity index (χ1n) is 5.60. The van der Waals surface area contributed by atoms with Gasteiger partial charge in [0.1, 0.15) is 5.82 Å². The molecule has 0 aliphatic rings. The molecule has 0 amide bonds. The van der Waals surface area contributed by atoms with Crippen LogP contribution in [0.1, 0.15) is 22.8 Å². The fourth-order valence-corrected chi connectivity index (χ4v) is 2.22. The van der Waals surface area contributed by atoms with Crippen LogP contribution in [0.3, 0.4) is 0 Å². The highest BCUT2D eigenvalue weighted by Gasteiger charge is 2.13. The van der Waals surface area contributed by atoms with E-state index in [2.05, 4.69) is 20.9 Å². The summed E-state index contributed by atoms with van der Waals surface area (Å²) < 4.78 is 14.5. The summed E-state index contributed by atoms with van der Waals surface area (Å²) in [6.07, 6.45) is 2.82. The molecule has 1 N–H and O–H groups in total. The van der Waals surface area contributed by atoms with Gasteiger partial charge in [0.2, 0.25) is 0 Å². The van der Waals surface area contributed by atoms with Gasteiger partial charge in [-0.2, -0.15) is 0 Å². The molecule has 1 aromatic heterocycles. The van der Waals surface area contributed by atoms with Crippen LogP contribution in [-0.4, -0.2) is 10.1 Å². The van der Waals surface area contributed by atoms with Crippen LogP contribution in [0, 0.1) is 12.7 Å². The number of benzene rings is 1. The minimum absolute atomic E-state index is 0.320. The first-order chi connectivity index (χ1) is 8.56. The number of pyridine rings is 1. The Bertz CT molecular complexity index is 559. The lowest BCUT2D eigenvalue weighted by Gasteiger charge is -2.12. The molecule has 0 spiro atoms. The van der Waals surface area contributed by atoms with Gasteiger partial charge in [-0.3, -0.25) is 4.98 Å². The average molecular weight is 310 g/mol. The average Bonchev–Trinajstić information content (AvgIpc) is 2.28. The third-order valence-electron chi connectivity index (χ3n) is 2.71. The van der Waals surface area contributed by atoms with Crippen molar-refractivity contribution in [2.24, 2.45) is 0 Å². The number of aliphatic hydroxyl groups is 1. The number of halogens is 2. The second-order valence-corrected chi connectivity index (χ2v) is 5.17. The molecular formula is C14H13BrFNO. The highest BCUT2D eigenvalue weighted by atomic mass is 79.9. The Labute approximate surface area is 114 Å². The third kappa shape index (κ3) is 3.15. The lowest BCUT2D eigenvalue weighted by atomic mass is 10.0. The van der Waals surface area contributed by atoms with E-state index in [4.69, 9.17) is 0 Å². The Hall–Kier alpha value is -1.26. The predicted octanol–water partition coefficient (Wildman–Crippen LogP) is 3.57. The molecular weight excluding hydrogens is 297 g/mol. The van der Waals surface area contributed by atoms with Gasteiger partial charge >= 0.3 is 0 Å². The summed E-state index contributed by atoms with van der Waals surface area (Å²) in [4.78, 5) is 4.02. The number of hydrogen-bond donors (Lipinski definition) is 1. The van der Waals surface area contributed by atoms with E-state index >= 15 is 0 Å². The number of aliphatic hydroxyl groups excluding tert-OH is 1. The Balaban J connectivity index is 2.19. The van der Waals surface area contributed by atoms with E-state index < -0.39 is 6.10 Å². The largest absolute Gasteiger partial charge is 0.388 e. The zero-order valence-electron chi connectivity index (χ0n) is 9.90. The monoisotopic (exact) mass is 309 g/mol. The van der Waals surface area contributed by atoms with E-state index in [0.29, 0.717) is 12.0 Å². The van der Waals surface area contributed by atoms with Crippen molar-refractivity contribution in [1.82, 2.24) is 4.98 Å². The number of hydrogen-bond acceptors (Lipinski definition) is 2. The van der Waals surface area contributed by atoms with E-state index in [9.17, 15) is 9.50 Å². The summed E-state index contributed by atoms with van der Waals surface area (Å²) in [5, 5.41) is 10.1. The quantitative estimate of drug-likeness (QED) is 0.940. The van der Waals surface area contributed by atoms with Crippen LogP contribution in [0.2, 0.25) is 0 Å². The Morgan fingerprint density at radius 2 is 2.11 bits per heavy atom. The Morgan fingerprint density at radius 1 is 1.33 bits per heavy atom. The van der Waals surface area contributed by atoms with Gasteiger partial charge in [-0.1, -0.05) is 12.1 Å². The fraction of sp³-hybridized carbons (Fsp3) is 0.214. The van der Waals surface area contributed by atoms with Crippen LogP contribution in [0.15, 0.2) is 41.1 Å². The van der Waals surface area contributed by atoms with Crippen LogP contribution in [0.5, 0.6) is 0 Å². The first-order valence-corrected chi connectivity index (χ1v) is 6.39. The molecule has 0 bridgehead atoms. The van der Waals surface area contributed by atoms with Crippen molar-refractivity contribution in [3.05, 3.63) is 63.6 Å². The van der Waals surface area contributed by atoms with Crippen LogP contribution in [-0.2, 0) is 6.42 Å². The lowest BCUT2D eigenvalue weighted by Crippen LogP contribution is -2.05. The zero-order valence-corrected chi connectivity index (χ0v) is 11.5. The topological polar surface area (TPSA) is 33.1 Å². The minimum Gasteiger partial charge on any atom is -0.388 e. The molecule has 2 rings (SSSR count). The number of rotatable bonds is 3.